The lowest BCUT2D eigenvalue weighted by Gasteiger charge is -2.13. The van der Waals surface area contributed by atoms with E-state index in [1.54, 1.807) is 0 Å². The molecule has 0 spiro atoms. The highest BCUT2D eigenvalue weighted by Crippen LogP contribution is 2.12. The Bertz CT molecular complexity index is 540. The Kier molecular flexibility index (Phi) is 6.68. The lowest BCUT2D eigenvalue weighted by Crippen LogP contribution is -2.33. The number of nitrogens with one attached hydrogen (secondary N) is 1. The van der Waals surface area contributed by atoms with Crippen LogP contribution in [-0.2, 0) is 21.1 Å². The van der Waals surface area contributed by atoms with E-state index >= 15 is 0 Å². The Morgan fingerprint density at radius 3 is 2.45 bits per heavy atom. The van der Waals surface area contributed by atoms with Gasteiger partial charge in [0.25, 0.3) is 0 Å². The minimum absolute atomic E-state index is 0.0292. The fourth-order valence-electron chi connectivity index (χ4n) is 1.73. The van der Waals surface area contributed by atoms with E-state index in [0.29, 0.717) is 0 Å². The molecule has 112 valence electrons. The fourth-order valence-corrected chi connectivity index (χ4v) is 2.55. The summed E-state index contributed by atoms with van der Waals surface area (Å²) in [5.74, 6) is -0.308. The number of halogens is 1. The summed E-state index contributed by atoms with van der Waals surface area (Å²) in [6.45, 7) is 1.93. The first-order chi connectivity index (χ1) is 9.26. The molecule has 0 heterocycles. The monoisotopic (exact) mass is 361 g/mol. The normalized spacial score (nSPS) is 12.9. The molecule has 1 unspecified atom stereocenters. The number of rotatable bonds is 7. The average molecular weight is 362 g/mol. The van der Waals surface area contributed by atoms with Crippen LogP contribution in [0.5, 0.6) is 0 Å². The third kappa shape index (κ3) is 7.65. The molecule has 0 aliphatic heterocycles. The predicted molar refractivity (Wildman–Crippen MR) is 84.4 cm³/mol. The van der Waals surface area contributed by atoms with Crippen molar-refractivity contribution in [2.75, 3.05) is 12.0 Å². The molecule has 0 aliphatic carbocycles. The lowest BCUT2D eigenvalue weighted by atomic mass is 10.1. The SMILES string of the molecule is CC(CCc1ccc(Br)cc1)NC(=O)CCS(C)(=O)=O. The third-order valence-corrected chi connectivity index (χ3v) is 4.36. The number of carbonyl (C=O) groups excluding carboxylic acids is 1. The molecule has 1 N–H and O–H groups in total. The van der Waals surface area contributed by atoms with Crippen LogP contribution in [0.4, 0.5) is 0 Å². The second-order valence-corrected chi connectivity index (χ2v) is 8.19. The van der Waals surface area contributed by atoms with Crippen molar-refractivity contribution < 1.29 is 13.2 Å². The highest BCUT2D eigenvalue weighted by Gasteiger charge is 2.10. The van der Waals surface area contributed by atoms with Crippen molar-refractivity contribution in [1.29, 1.82) is 0 Å². The van der Waals surface area contributed by atoms with Crippen LogP contribution in [0.2, 0.25) is 0 Å². The van der Waals surface area contributed by atoms with Crippen LogP contribution < -0.4 is 5.32 Å². The zero-order valence-corrected chi connectivity index (χ0v) is 14.1. The van der Waals surface area contributed by atoms with E-state index in [1.165, 1.54) is 5.56 Å². The molecule has 0 radical (unpaired) electrons. The van der Waals surface area contributed by atoms with Gasteiger partial charge >= 0.3 is 0 Å². The molecule has 0 saturated carbocycles. The van der Waals surface area contributed by atoms with Crippen LogP contribution in [0.15, 0.2) is 28.7 Å². The minimum Gasteiger partial charge on any atom is -0.354 e. The van der Waals surface area contributed by atoms with E-state index in [-0.39, 0.29) is 24.1 Å². The zero-order chi connectivity index (χ0) is 15.2. The summed E-state index contributed by atoms with van der Waals surface area (Å²) >= 11 is 3.39. The summed E-state index contributed by atoms with van der Waals surface area (Å²) in [5, 5.41) is 2.82. The summed E-state index contributed by atoms with van der Waals surface area (Å²) in [6, 6.07) is 8.10. The molecule has 6 heteroatoms. The van der Waals surface area contributed by atoms with Crippen LogP contribution in [-0.4, -0.2) is 32.4 Å². The van der Waals surface area contributed by atoms with Gasteiger partial charge in [-0.2, -0.15) is 0 Å². The Morgan fingerprint density at radius 2 is 1.90 bits per heavy atom. The maximum absolute atomic E-state index is 11.6. The number of benzene rings is 1. The molecule has 20 heavy (non-hydrogen) atoms. The van der Waals surface area contributed by atoms with Gasteiger partial charge in [-0.05, 0) is 37.5 Å². The number of amides is 1. The Labute approximate surface area is 129 Å². The first-order valence-corrected chi connectivity index (χ1v) is 9.33. The summed E-state index contributed by atoms with van der Waals surface area (Å²) < 4.78 is 23.0. The molecule has 1 aromatic carbocycles. The highest BCUT2D eigenvalue weighted by molar-refractivity contribution is 9.10. The summed E-state index contributed by atoms with van der Waals surface area (Å²) in [6.07, 6.45) is 2.87. The van der Waals surface area contributed by atoms with Gasteiger partial charge in [0.1, 0.15) is 9.84 Å². The maximum atomic E-state index is 11.6. The van der Waals surface area contributed by atoms with E-state index in [0.717, 1.165) is 23.6 Å². The predicted octanol–water partition coefficient (Wildman–Crippen LogP) is 2.32. The van der Waals surface area contributed by atoms with Crippen LogP contribution in [0.25, 0.3) is 0 Å². The first kappa shape index (κ1) is 17.2. The van der Waals surface area contributed by atoms with Gasteiger partial charge in [-0.3, -0.25) is 4.79 Å². The first-order valence-electron chi connectivity index (χ1n) is 6.48. The van der Waals surface area contributed by atoms with Gasteiger partial charge in [-0.25, -0.2) is 8.42 Å². The molecule has 1 amide bonds. The van der Waals surface area contributed by atoms with Crippen LogP contribution in [0, 0.1) is 0 Å². The molecular formula is C14H20BrNO3S. The van der Waals surface area contributed by atoms with Gasteiger partial charge in [-0.15, -0.1) is 0 Å². The number of aryl methyl sites for hydroxylation is 1. The van der Waals surface area contributed by atoms with Crippen molar-refractivity contribution in [3.8, 4) is 0 Å². The number of hydrogen-bond donors (Lipinski definition) is 1. The van der Waals surface area contributed by atoms with Gasteiger partial charge < -0.3 is 5.32 Å². The number of carbonyl (C=O) groups is 1. The highest BCUT2D eigenvalue weighted by atomic mass is 79.9. The van der Waals surface area contributed by atoms with Crippen molar-refractivity contribution in [2.24, 2.45) is 0 Å². The van der Waals surface area contributed by atoms with Gasteiger partial charge in [0.15, 0.2) is 0 Å². The second-order valence-electron chi connectivity index (χ2n) is 5.01. The maximum Gasteiger partial charge on any atom is 0.221 e. The molecule has 0 fully saturated rings. The molecule has 4 nitrogen and oxygen atoms in total. The van der Waals surface area contributed by atoms with Crippen molar-refractivity contribution in [3.63, 3.8) is 0 Å². The van der Waals surface area contributed by atoms with Crippen molar-refractivity contribution in [1.82, 2.24) is 5.32 Å². The molecule has 0 saturated heterocycles. The van der Waals surface area contributed by atoms with E-state index in [9.17, 15) is 13.2 Å². The molecule has 0 bridgehead atoms. The van der Waals surface area contributed by atoms with Crippen molar-refractivity contribution in [3.05, 3.63) is 34.3 Å². The topological polar surface area (TPSA) is 63.2 Å². The molecule has 1 atom stereocenters. The van der Waals surface area contributed by atoms with E-state index in [1.807, 2.05) is 31.2 Å². The summed E-state index contributed by atoms with van der Waals surface area (Å²) in [4.78, 5) is 11.6. The Hall–Kier alpha value is -0.880. The Balaban J connectivity index is 2.31. The standard InChI is InChI=1S/C14H20BrNO3S/c1-11(16-14(17)9-10-20(2,18)19)3-4-12-5-7-13(15)8-6-12/h5-8,11H,3-4,9-10H2,1-2H3,(H,16,17). The number of hydrogen-bond acceptors (Lipinski definition) is 3. The van der Waals surface area contributed by atoms with Crippen LogP contribution in [0.1, 0.15) is 25.3 Å². The smallest absolute Gasteiger partial charge is 0.221 e. The van der Waals surface area contributed by atoms with Crippen LogP contribution in [0.3, 0.4) is 0 Å². The van der Waals surface area contributed by atoms with Gasteiger partial charge in [-0.1, -0.05) is 28.1 Å². The third-order valence-electron chi connectivity index (χ3n) is 2.89. The largest absolute Gasteiger partial charge is 0.354 e. The van der Waals surface area contributed by atoms with Gasteiger partial charge in [0.2, 0.25) is 5.91 Å². The van der Waals surface area contributed by atoms with Gasteiger partial charge in [0.05, 0.1) is 5.75 Å². The summed E-state index contributed by atoms with van der Waals surface area (Å²) in [7, 11) is -3.08. The molecular weight excluding hydrogens is 342 g/mol. The summed E-state index contributed by atoms with van der Waals surface area (Å²) in [5.41, 5.74) is 1.21. The Morgan fingerprint density at radius 1 is 1.30 bits per heavy atom. The van der Waals surface area contributed by atoms with Crippen molar-refractivity contribution in [2.45, 2.75) is 32.2 Å². The second kappa shape index (κ2) is 7.78. The fraction of sp³-hybridized carbons (Fsp3) is 0.500. The quantitative estimate of drug-likeness (QED) is 0.810. The molecule has 1 rings (SSSR count). The van der Waals surface area contributed by atoms with Gasteiger partial charge in [0, 0.05) is 23.2 Å². The van der Waals surface area contributed by atoms with Crippen molar-refractivity contribution >= 4 is 31.7 Å². The zero-order valence-electron chi connectivity index (χ0n) is 11.7. The van der Waals surface area contributed by atoms with Crippen LogP contribution >= 0.6 is 15.9 Å². The van der Waals surface area contributed by atoms with E-state index in [2.05, 4.69) is 21.2 Å². The molecule has 1 aromatic rings. The lowest BCUT2D eigenvalue weighted by molar-refractivity contribution is -0.121. The number of sulfone groups is 1. The average Bonchev–Trinajstić information content (AvgIpc) is 2.35. The van der Waals surface area contributed by atoms with E-state index in [4.69, 9.17) is 0 Å². The molecule has 0 aliphatic rings. The van der Waals surface area contributed by atoms with E-state index < -0.39 is 9.84 Å². The molecule has 0 aromatic heterocycles. The minimum atomic E-state index is -3.08.